The first-order valence-electron chi connectivity index (χ1n) is 9.88. The number of nitrogens with zero attached hydrogens (tertiary/aromatic N) is 6. The molecule has 3 aromatic rings. The maximum atomic E-state index is 13.1. The predicted octanol–water partition coefficient (Wildman–Crippen LogP) is 1.24. The minimum Gasteiger partial charge on any atom is -0.338 e. The molecule has 2 amide bonds. The average Bonchev–Trinajstić information content (AvgIpc) is 3.21. The van der Waals surface area contributed by atoms with Crippen molar-refractivity contribution in [1.82, 2.24) is 30.3 Å². The molecule has 9 heteroatoms. The number of carbonyl (C=O) groups is 2. The highest BCUT2D eigenvalue weighted by molar-refractivity contribution is 6.02. The topological polar surface area (TPSA) is 106 Å². The Kier molecular flexibility index (Phi) is 4.30. The third-order valence-corrected chi connectivity index (χ3v) is 5.99. The van der Waals surface area contributed by atoms with Crippen LogP contribution >= 0.6 is 0 Å². The van der Waals surface area contributed by atoms with E-state index in [0.717, 1.165) is 11.3 Å². The summed E-state index contributed by atoms with van der Waals surface area (Å²) in [6, 6.07) is 9.10. The van der Waals surface area contributed by atoms with Crippen molar-refractivity contribution in [3.8, 4) is 0 Å². The maximum absolute atomic E-state index is 13.1. The number of hydrogen-bond donors (Lipinski definition) is 1. The summed E-state index contributed by atoms with van der Waals surface area (Å²) in [5, 5.41) is 11.4. The SMILES string of the molecule is CC1C2c3nccnc3N(C)C(=O)[C@@H](NC(=O)c3cnn(Cc4ccccc4)n3)C12. The maximum Gasteiger partial charge on any atom is 0.274 e. The van der Waals surface area contributed by atoms with Crippen molar-refractivity contribution >= 4 is 17.6 Å². The largest absolute Gasteiger partial charge is 0.338 e. The summed E-state index contributed by atoms with van der Waals surface area (Å²) >= 11 is 0. The van der Waals surface area contributed by atoms with Crippen molar-refractivity contribution in [3.05, 3.63) is 65.9 Å². The first-order valence-corrected chi connectivity index (χ1v) is 9.88. The van der Waals surface area contributed by atoms with Crippen LogP contribution in [0.3, 0.4) is 0 Å². The van der Waals surface area contributed by atoms with Gasteiger partial charge in [0.1, 0.15) is 6.04 Å². The van der Waals surface area contributed by atoms with E-state index in [1.165, 1.54) is 15.9 Å². The number of hydrogen-bond acceptors (Lipinski definition) is 6. The highest BCUT2D eigenvalue weighted by Gasteiger charge is 2.59. The van der Waals surface area contributed by atoms with Gasteiger partial charge < -0.3 is 5.32 Å². The molecule has 0 radical (unpaired) electrons. The van der Waals surface area contributed by atoms with Crippen LogP contribution in [0.15, 0.2) is 48.9 Å². The Morgan fingerprint density at radius 2 is 1.93 bits per heavy atom. The molecule has 9 nitrogen and oxygen atoms in total. The van der Waals surface area contributed by atoms with Crippen molar-refractivity contribution in [2.45, 2.75) is 25.4 Å². The normalized spacial score (nSPS) is 24.6. The minimum atomic E-state index is -0.655. The fourth-order valence-electron chi connectivity index (χ4n) is 4.35. The summed E-state index contributed by atoms with van der Waals surface area (Å²) in [5.74, 6) is 0.275. The van der Waals surface area contributed by atoms with Gasteiger partial charge in [0.15, 0.2) is 11.5 Å². The van der Waals surface area contributed by atoms with E-state index in [9.17, 15) is 9.59 Å². The highest BCUT2D eigenvalue weighted by atomic mass is 16.2. The molecule has 1 aromatic carbocycles. The van der Waals surface area contributed by atoms with Gasteiger partial charge in [0, 0.05) is 31.3 Å². The molecule has 0 saturated heterocycles. The molecule has 5 rings (SSSR count). The third-order valence-electron chi connectivity index (χ3n) is 5.99. The van der Waals surface area contributed by atoms with Gasteiger partial charge in [-0.05, 0) is 11.5 Å². The van der Waals surface area contributed by atoms with Crippen molar-refractivity contribution in [2.75, 3.05) is 11.9 Å². The van der Waals surface area contributed by atoms with Gasteiger partial charge in [-0.15, -0.1) is 5.10 Å². The second-order valence-corrected chi connectivity index (χ2v) is 7.82. The van der Waals surface area contributed by atoms with Crippen molar-refractivity contribution in [2.24, 2.45) is 11.8 Å². The molecule has 1 aliphatic heterocycles. The van der Waals surface area contributed by atoms with E-state index in [1.807, 2.05) is 30.3 Å². The Balaban J connectivity index is 1.35. The van der Waals surface area contributed by atoms with Crippen molar-refractivity contribution in [3.63, 3.8) is 0 Å². The number of carbonyl (C=O) groups excluding carboxylic acids is 2. The lowest BCUT2D eigenvalue weighted by Gasteiger charge is -2.22. The Labute approximate surface area is 173 Å². The molecule has 152 valence electrons. The van der Waals surface area contributed by atoms with Crippen LogP contribution in [0.4, 0.5) is 5.82 Å². The number of amides is 2. The monoisotopic (exact) mass is 403 g/mol. The van der Waals surface area contributed by atoms with E-state index < -0.39 is 11.9 Å². The third kappa shape index (κ3) is 3.02. The Morgan fingerprint density at radius 3 is 2.73 bits per heavy atom. The van der Waals surface area contributed by atoms with Gasteiger partial charge >= 0.3 is 0 Å². The summed E-state index contributed by atoms with van der Waals surface area (Å²) in [6.45, 7) is 2.54. The molecular formula is C21H21N7O2. The van der Waals surface area contributed by atoms with E-state index in [0.29, 0.717) is 12.4 Å². The van der Waals surface area contributed by atoms with Crippen molar-refractivity contribution < 1.29 is 9.59 Å². The smallest absolute Gasteiger partial charge is 0.274 e. The van der Waals surface area contributed by atoms with E-state index >= 15 is 0 Å². The average molecular weight is 403 g/mol. The zero-order valence-electron chi connectivity index (χ0n) is 16.6. The summed E-state index contributed by atoms with van der Waals surface area (Å²) in [4.78, 5) is 37.7. The van der Waals surface area contributed by atoms with Gasteiger partial charge in [-0.1, -0.05) is 37.3 Å². The van der Waals surface area contributed by atoms with Crippen LogP contribution in [-0.2, 0) is 11.3 Å². The summed E-state index contributed by atoms with van der Waals surface area (Å²) < 4.78 is 0. The molecule has 0 bridgehead atoms. The molecule has 1 fully saturated rings. The zero-order valence-corrected chi connectivity index (χ0v) is 16.6. The fraction of sp³-hybridized carbons (Fsp3) is 0.333. The second-order valence-electron chi connectivity index (χ2n) is 7.82. The van der Waals surface area contributed by atoms with E-state index in [2.05, 4.69) is 32.4 Å². The first-order chi connectivity index (χ1) is 14.5. The van der Waals surface area contributed by atoms with E-state index in [1.54, 1.807) is 19.4 Å². The molecule has 1 N–H and O–H groups in total. The standard InChI is InChI=1S/C21H21N7O2/c1-12-15-16(12)18(21(30)27(2)19-17(15)22-8-9-23-19)25-20(29)14-10-24-28(26-14)11-13-6-4-3-5-7-13/h3-10,12,15-16,18H,11H2,1-2H3,(H,25,29)/t12?,15?,16?,18-/m0/s1. The number of rotatable bonds is 4. The van der Waals surface area contributed by atoms with Gasteiger partial charge in [-0.3, -0.25) is 19.5 Å². The summed E-state index contributed by atoms with van der Waals surface area (Å²) in [6.07, 6.45) is 4.65. The molecule has 3 unspecified atom stereocenters. The summed E-state index contributed by atoms with van der Waals surface area (Å²) in [7, 11) is 1.67. The molecule has 30 heavy (non-hydrogen) atoms. The summed E-state index contributed by atoms with van der Waals surface area (Å²) in [5.41, 5.74) is 2.04. The lowest BCUT2D eigenvalue weighted by atomic mass is 10.1. The van der Waals surface area contributed by atoms with Crippen LogP contribution in [-0.4, -0.2) is 49.9 Å². The number of likely N-dealkylation sites (N-methyl/N-ethyl adjacent to an activating group) is 1. The lowest BCUT2D eigenvalue weighted by Crippen LogP contribution is -2.49. The Morgan fingerprint density at radius 1 is 1.17 bits per heavy atom. The molecule has 3 heterocycles. The van der Waals surface area contributed by atoms with Crippen molar-refractivity contribution in [1.29, 1.82) is 0 Å². The van der Waals surface area contributed by atoms with Gasteiger partial charge in [0.2, 0.25) is 0 Å². The molecule has 2 aliphatic rings. The van der Waals surface area contributed by atoms with Gasteiger partial charge in [0.05, 0.1) is 18.4 Å². The van der Waals surface area contributed by atoms with Gasteiger partial charge in [-0.25, -0.2) is 4.98 Å². The zero-order chi connectivity index (χ0) is 20.8. The van der Waals surface area contributed by atoms with Gasteiger partial charge in [-0.2, -0.15) is 9.90 Å². The fourth-order valence-corrected chi connectivity index (χ4v) is 4.35. The van der Waals surface area contributed by atoms with Crippen LogP contribution < -0.4 is 10.2 Å². The van der Waals surface area contributed by atoms with Crippen LogP contribution in [0.25, 0.3) is 0 Å². The lowest BCUT2D eigenvalue weighted by molar-refractivity contribution is -0.120. The van der Waals surface area contributed by atoms with E-state index in [-0.39, 0.29) is 29.4 Å². The van der Waals surface area contributed by atoms with Gasteiger partial charge in [0.25, 0.3) is 11.8 Å². The number of aromatic nitrogens is 5. The first kappa shape index (κ1) is 18.4. The molecule has 1 aliphatic carbocycles. The highest BCUT2D eigenvalue weighted by Crippen LogP contribution is 2.58. The number of nitrogens with one attached hydrogen (secondary N) is 1. The quantitative estimate of drug-likeness (QED) is 0.703. The molecule has 0 spiro atoms. The predicted molar refractivity (Wildman–Crippen MR) is 108 cm³/mol. The number of anilines is 1. The Hall–Kier alpha value is -3.62. The van der Waals surface area contributed by atoms with Crippen LogP contribution in [0.2, 0.25) is 0 Å². The molecule has 4 atom stereocenters. The number of fused-ring (bicyclic) bond motifs is 3. The van der Waals surface area contributed by atoms with E-state index in [4.69, 9.17) is 0 Å². The second kappa shape index (κ2) is 7.01. The minimum absolute atomic E-state index is 0.0128. The molecular weight excluding hydrogens is 382 g/mol. The molecule has 1 saturated carbocycles. The number of benzene rings is 1. The Bertz CT molecular complexity index is 1110. The van der Waals surface area contributed by atoms with Crippen LogP contribution in [0.5, 0.6) is 0 Å². The molecule has 2 aromatic heterocycles. The van der Waals surface area contributed by atoms with Crippen LogP contribution in [0, 0.1) is 11.8 Å². The van der Waals surface area contributed by atoms with Crippen LogP contribution in [0.1, 0.15) is 34.6 Å².